The number of carbonyl (C=O) groups is 2. The molecule has 1 fully saturated rings. The van der Waals surface area contributed by atoms with E-state index in [4.69, 9.17) is 14.2 Å². The van der Waals surface area contributed by atoms with Gasteiger partial charge in [-0.05, 0) is 62.6 Å². The smallest absolute Gasteiger partial charge is 0.256 e. The van der Waals surface area contributed by atoms with Gasteiger partial charge in [0.05, 0.1) is 31.0 Å². The van der Waals surface area contributed by atoms with Crippen LogP contribution < -0.4 is 15.0 Å². The van der Waals surface area contributed by atoms with Gasteiger partial charge in [-0.2, -0.15) is 0 Å². The summed E-state index contributed by atoms with van der Waals surface area (Å²) in [5, 5.41) is 3.01. The molecule has 0 bridgehead atoms. The Labute approximate surface area is 219 Å². The second-order valence-electron chi connectivity index (χ2n) is 11.2. The molecule has 200 valence electrons. The van der Waals surface area contributed by atoms with Gasteiger partial charge in [0.25, 0.3) is 5.91 Å². The van der Waals surface area contributed by atoms with Crippen LogP contribution in [0.2, 0.25) is 0 Å². The molecule has 2 aliphatic rings. The van der Waals surface area contributed by atoms with Crippen molar-refractivity contribution in [2.75, 3.05) is 43.6 Å². The number of likely N-dealkylation sites (N-methyl/N-ethyl adjacent to an activating group) is 1. The Bertz CT molecular complexity index is 1100. The molecule has 0 aromatic heterocycles. The van der Waals surface area contributed by atoms with Crippen molar-refractivity contribution in [1.82, 2.24) is 4.90 Å². The molecular formula is C29H39N3O5. The first-order chi connectivity index (χ1) is 17.5. The molecule has 4 rings (SSSR count). The quantitative estimate of drug-likeness (QED) is 0.571. The number of hydrogen-bond donors (Lipinski definition) is 1. The molecule has 1 N–H and O–H groups in total. The van der Waals surface area contributed by atoms with Gasteiger partial charge in [0, 0.05) is 25.7 Å². The Morgan fingerprint density at radius 1 is 1.08 bits per heavy atom. The SMILES string of the molecule is CC(C)CN1C(=O)c2cc(N(C)CC3OCCO3)ccc2NC(=O)[C@@H]1Cc1ccc(OC(C)(C)C)cc1. The molecule has 2 amide bonds. The normalized spacial score (nSPS) is 18.6. The van der Waals surface area contributed by atoms with Crippen molar-refractivity contribution in [2.45, 2.75) is 59.0 Å². The van der Waals surface area contributed by atoms with Crippen molar-refractivity contribution < 1.29 is 23.8 Å². The lowest BCUT2D eigenvalue weighted by molar-refractivity contribution is -0.120. The Morgan fingerprint density at radius 3 is 2.38 bits per heavy atom. The van der Waals surface area contributed by atoms with Crippen LogP contribution in [0.3, 0.4) is 0 Å². The molecule has 0 radical (unpaired) electrons. The molecule has 2 aromatic carbocycles. The summed E-state index contributed by atoms with van der Waals surface area (Å²) in [6.45, 7) is 12.3. The zero-order valence-corrected chi connectivity index (χ0v) is 22.7. The fraction of sp³-hybridized carbons (Fsp3) is 0.517. The molecular weight excluding hydrogens is 470 g/mol. The number of benzene rings is 2. The molecule has 0 saturated carbocycles. The van der Waals surface area contributed by atoms with E-state index in [9.17, 15) is 9.59 Å². The van der Waals surface area contributed by atoms with Crippen molar-refractivity contribution in [3.05, 3.63) is 53.6 Å². The topological polar surface area (TPSA) is 80.3 Å². The zero-order chi connectivity index (χ0) is 26.7. The van der Waals surface area contributed by atoms with Crippen LogP contribution in [0.1, 0.15) is 50.5 Å². The molecule has 2 heterocycles. The van der Waals surface area contributed by atoms with E-state index in [1.54, 1.807) is 4.90 Å². The number of rotatable bonds is 8. The van der Waals surface area contributed by atoms with Gasteiger partial charge in [-0.1, -0.05) is 26.0 Å². The van der Waals surface area contributed by atoms with Crippen LogP contribution in [-0.2, 0) is 20.7 Å². The summed E-state index contributed by atoms with van der Waals surface area (Å²) < 4.78 is 17.1. The van der Waals surface area contributed by atoms with Gasteiger partial charge in [-0.3, -0.25) is 9.59 Å². The van der Waals surface area contributed by atoms with Crippen molar-refractivity contribution in [3.63, 3.8) is 0 Å². The van der Waals surface area contributed by atoms with Crippen molar-refractivity contribution >= 4 is 23.2 Å². The molecule has 0 unspecified atom stereocenters. The zero-order valence-electron chi connectivity index (χ0n) is 22.7. The molecule has 2 aliphatic heterocycles. The number of anilines is 2. The Kier molecular flexibility index (Phi) is 8.09. The van der Waals surface area contributed by atoms with E-state index in [2.05, 4.69) is 19.2 Å². The van der Waals surface area contributed by atoms with Gasteiger partial charge in [0.2, 0.25) is 5.91 Å². The van der Waals surface area contributed by atoms with E-state index in [0.29, 0.717) is 44.0 Å². The van der Waals surface area contributed by atoms with E-state index in [0.717, 1.165) is 17.0 Å². The van der Waals surface area contributed by atoms with Crippen LogP contribution in [0.15, 0.2) is 42.5 Å². The van der Waals surface area contributed by atoms with Crippen LogP contribution in [0.25, 0.3) is 0 Å². The Balaban J connectivity index is 1.58. The van der Waals surface area contributed by atoms with Gasteiger partial charge in [-0.15, -0.1) is 0 Å². The molecule has 1 atom stereocenters. The van der Waals surface area contributed by atoms with Gasteiger partial charge in [0.1, 0.15) is 17.4 Å². The fourth-order valence-corrected chi connectivity index (χ4v) is 4.63. The lowest BCUT2D eigenvalue weighted by atomic mass is 10.0. The Morgan fingerprint density at radius 2 is 1.76 bits per heavy atom. The summed E-state index contributed by atoms with van der Waals surface area (Å²) in [5.41, 5.74) is 2.55. The van der Waals surface area contributed by atoms with Gasteiger partial charge < -0.3 is 29.3 Å². The second-order valence-corrected chi connectivity index (χ2v) is 11.2. The van der Waals surface area contributed by atoms with Crippen molar-refractivity contribution in [3.8, 4) is 5.75 Å². The van der Waals surface area contributed by atoms with E-state index < -0.39 is 6.04 Å². The first kappa shape index (κ1) is 26.9. The highest BCUT2D eigenvalue weighted by Gasteiger charge is 2.36. The maximum absolute atomic E-state index is 13.9. The standard InChI is InChI=1S/C29H39N3O5/c1-19(2)17-32-25(15-20-7-10-22(11-8-20)37-29(3,4)5)27(33)30-24-12-9-21(16-23(24)28(32)34)31(6)18-26-35-13-14-36-26/h7-12,16,19,25-26H,13-15,17-18H2,1-6H3,(H,30,33)/t25-/m0/s1. The molecule has 1 saturated heterocycles. The summed E-state index contributed by atoms with van der Waals surface area (Å²) in [6.07, 6.45) is 0.123. The molecule has 37 heavy (non-hydrogen) atoms. The third kappa shape index (κ3) is 6.81. The van der Waals surface area contributed by atoms with Crippen LogP contribution in [0, 0.1) is 5.92 Å². The third-order valence-electron chi connectivity index (χ3n) is 6.32. The minimum atomic E-state index is -0.627. The summed E-state index contributed by atoms with van der Waals surface area (Å²) in [7, 11) is 1.94. The molecule has 0 aliphatic carbocycles. The largest absolute Gasteiger partial charge is 0.488 e. The van der Waals surface area contributed by atoms with Gasteiger partial charge in [-0.25, -0.2) is 0 Å². The average Bonchev–Trinajstić information content (AvgIpc) is 3.31. The van der Waals surface area contributed by atoms with Crippen LogP contribution in [-0.4, -0.2) is 68.0 Å². The minimum Gasteiger partial charge on any atom is -0.488 e. The van der Waals surface area contributed by atoms with Gasteiger partial charge in [0.15, 0.2) is 6.29 Å². The van der Waals surface area contributed by atoms with Crippen LogP contribution in [0.5, 0.6) is 5.75 Å². The first-order valence-electron chi connectivity index (χ1n) is 13.0. The number of ether oxygens (including phenoxy) is 3. The number of carbonyl (C=O) groups excluding carboxylic acids is 2. The van der Waals surface area contributed by atoms with Crippen molar-refractivity contribution in [1.29, 1.82) is 0 Å². The monoisotopic (exact) mass is 509 g/mol. The minimum absolute atomic E-state index is 0.150. The third-order valence-corrected chi connectivity index (χ3v) is 6.32. The molecule has 8 heteroatoms. The number of nitrogens with zero attached hydrogens (tertiary/aromatic N) is 2. The fourth-order valence-electron chi connectivity index (χ4n) is 4.63. The summed E-state index contributed by atoms with van der Waals surface area (Å²) >= 11 is 0. The van der Waals surface area contributed by atoms with E-state index in [-0.39, 0.29) is 29.6 Å². The highest BCUT2D eigenvalue weighted by Crippen LogP contribution is 2.30. The maximum atomic E-state index is 13.9. The number of nitrogens with one attached hydrogen (secondary N) is 1. The second kappa shape index (κ2) is 11.1. The maximum Gasteiger partial charge on any atom is 0.256 e. The lowest BCUT2D eigenvalue weighted by Gasteiger charge is -2.30. The van der Waals surface area contributed by atoms with Crippen LogP contribution in [0.4, 0.5) is 11.4 Å². The summed E-state index contributed by atoms with van der Waals surface area (Å²) in [4.78, 5) is 31.1. The van der Waals surface area contributed by atoms with Gasteiger partial charge >= 0.3 is 0 Å². The Hall–Kier alpha value is -3.10. The highest BCUT2D eigenvalue weighted by atomic mass is 16.7. The predicted octanol–water partition coefficient (Wildman–Crippen LogP) is 4.33. The number of amides is 2. The molecule has 0 spiro atoms. The van der Waals surface area contributed by atoms with Crippen molar-refractivity contribution in [2.24, 2.45) is 5.92 Å². The molecule has 8 nitrogen and oxygen atoms in total. The summed E-state index contributed by atoms with van der Waals surface area (Å²) in [5.74, 6) is 0.639. The van der Waals surface area contributed by atoms with E-state index in [1.165, 1.54) is 0 Å². The number of fused-ring (bicyclic) bond motifs is 1. The predicted molar refractivity (Wildman–Crippen MR) is 144 cm³/mol. The van der Waals surface area contributed by atoms with E-state index in [1.807, 2.05) is 75.2 Å². The number of hydrogen-bond acceptors (Lipinski definition) is 6. The average molecular weight is 510 g/mol. The van der Waals surface area contributed by atoms with E-state index >= 15 is 0 Å². The lowest BCUT2D eigenvalue weighted by Crippen LogP contribution is -2.48. The molecule has 2 aromatic rings. The van der Waals surface area contributed by atoms with Crippen LogP contribution >= 0.6 is 0 Å². The first-order valence-corrected chi connectivity index (χ1v) is 13.0. The highest BCUT2D eigenvalue weighted by molar-refractivity contribution is 6.10. The summed E-state index contributed by atoms with van der Waals surface area (Å²) in [6, 6.07) is 12.7.